The Bertz CT molecular complexity index is 384. The van der Waals surface area contributed by atoms with E-state index >= 15 is 0 Å². The Balaban J connectivity index is 2.61. The van der Waals surface area contributed by atoms with Crippen molar-refractivity contribution in [2.24, 2.45) is 0 Å². The molecule has 6 heteroatoms. The summed E-state index contributed by atoms with van der Waals surface area (Å²) >= 11 is 1.54. The molecule has 1 unspecified atom stereocenters. The zero-order valence-corrected chi connectivity index (χ0v) is 10.2. The van der Waals surface area contributed by atoms with Crippen molar-refractivity contribution >= 4 is 23.6 Å². The van der Waals surface area contributed by atoms with Crippen LogP contribution in [0.25, 0.3) is 0 Å². The maximum absolute atomic E-state index is 11.7. The van der Waals surface area contributed by atoms with Crippen LogP contribution in [0.2, 0.25) is 0 Å². The van der Waals surface area contributed by atoms with Gasteiger partial charge in [0.05, 0.1) is 0 Å². The minimum Gasteiger partial charge on any atom is -0.480 e. The van der Waals surface area contributed by atoms with Gasteiger partial charge in [0, 0.05) is 6.20 Å². The summed E-state index contributed by atoms with van der Waals surface area (Å²) in [6, 6.07) is 4.05. The first-order valence-corrected chi connectivity index (χ1v) is 6.48. The van der Waals surface area contributed by atoms with Crippen LogP contribution in [0.5, 0.6) is 0 Å². The van der Waals surface area contributed by atoms with Crippen LogP contribution < -0.4 is 5.32 Å². The summed E-state index contributed by atoms with van der Waals surface area (Å²) in [5.41, 5.74) is 0.225. The monoisotopic (exact) mass is 254 g/mol. The highest BCUT2D eigenvalue weighted by molar-refractivity contribution is 7.98. The molecule has 2 N–H and O–H groups in total. The van der Waals surface area contributed by atoms with E-state index in [4.69, 9.17) is 5.11 Å². The van der Waals surface area contributed by atoms with Crippen LogP contribution in [0.15, 0.2) is 24.4 Å². The van der Waals surface area contributed by atoms with Crippen LogP contribution in [0.3, 0.4) is 0 Å². The third-order valence-corrected chi connectivity index (χ3v) is 2.76. The number of hydrogen-bond donors (Lipinski definition) is 2. The molecule has 0 bridgehead atoms. The van der Waals surface area contributed by atoms with Crippen LogP contribution in [-0.2, 0) is 4.79 Å². The fourth-order valence-corrected chi connectivity index (χ4v) is 1.69. The summed E-state index contributed by atoms with van der Waals surface area (Å²) in [5, 5.41) is 11.4. The van der Waals surface area contributed by atoms with E-state index in [0.29, 0.717) is 12.2 Å². The largest absolute Gasteiger partial charge is 0.480 e. The first-order chi connectivity index (χ1) is 8.15. The number of aliphatic carboxylic acids is 1. The molecule has 0 aromatic carbocycles. The molecular weight excluding hydrogens is 240 g/mol. The Morgan fingerprint density at radius 2 is 2.29 bits per heavy atom. The highest BCUT2D eigenvalue weighted by atomic mass is 32.2. The van der Waals surface area contributed by atoms with E-state index in [-0.39, 0.29) is 5.69 Å². The summed E-state index contributed by atoms with van der Waals surface area (Å²) in [5.74, 6) is -0.804. The molecular formula is C11H14N2O3S. The smallest absolute Gasteiger partial charge is 0.326 e. The third-order valence-electron chi connectivity index (χ3n) is 2.11. The summed E-state index contributed by atoms with van der Waals surface area (Å²) < 4.78 is 0. The lowest BCUT2D eigenvalue weighted by molar-refractivity contribution is -0.139. The summed E-state index contributed by atoms with van der Waals surface area (Å²) in [4.78, 5) is 26.5. The summed E-state index contributed by atoms with van der Waals surface area (Å²) in [7, 11) is 0. The van der Waals surface area contributed by atoms with Gasteiger partial charge in [-0.05, 0) is 30.6 Å². The van der Waals surface area contributed by atoms with Gasteiger partial charge in [0.2, 0.25) is 0 Å². The Hall–Kier alpha value is -1.56. The van der Waals surface area contributed by atoms with Gasteiger partial charge in [-0.15, -0.1) is 0 Å². The maximum Gasteiger partial charge on any atom is 0.326 e. The summed E-state index contributed by atoms with van der Waals surface area (Å²) in [6.07, 6.45) is 3.78. The molecule has 1 atom stereocenters. The molecule has 0 fully saturated rings. The number of carbonyl (C=O) groups excluding carboxylic acids is 1. The number of aromatic nitrogens is 1. The number of hydrogen-bond acceptors (Lipinski definition) is 4. The fourth-order valence-electron chi connectivity index (χ4n) is 1.22. The molecule has 5 nitrogen and oxygen atoms in total. The molecule has 92 valence electrons. The van der Waals surface area contributed by atoms with Crippen molar-refractivity contribution in [3.63, 3.8) is 0 Å². The van der Waals surface area contributed by atoms with Crippen molar-refractivity contribution in [1.29, 1.82) is 0 Å². The minimum atomic E-state index is -1.02. The van der Waals surface area contributed by atoms with Crippen molar-refractivity contribution in [2.45, 2.75) is 12.5 Å². The van der Waals surface area contributed by atoms with Crippen molar-refractivity contribution in [1.82, 2.24) is 10.3 Å². The van der Waals surface area contributed by atoms with Crippen LogP contribution in [-0.4, -0.2) is 40.0 Å². The Morgan fingerprint density at radius 1 is 1.53 bits per heavy atom. The lowest BCUT2D eigenvalue weighted by atomic mass is 10.2. The number of pyridine rings is 1. The predicted octanol–water partition coefficient (Wildman–Crippen LogP) is 1.02. The molecule has 17 heavy (non-hydrogen) atoms. The summed E-state index contributed by atoms with van der Waals surface area (Å²) in [6.45, 7) is 0. The van der Waals surface area contributed by atoms with Crippen molar-refractivity contribution in [2.75, 3.05) is 12.0 Å². The van der Waals surface area contributed by atoms with Gasteiger partial charge in [0.15, 0.2) is 0 Å². The fraction of sp³-hybridized carbons (Fsp3) is 0.364. The lowest BCUT2D eigenvalue weighted by Crippen LogP contribution is -2.41. The molecule has 0 aliphatic rings. The van der Waals surface area contributed by atoms with E-state index in [0.717, 1.165) is 0 Å². The molecule has 1 rings (SSSR count). The Morgan fingerprint density at radius 3 is 2.82 bits per heavy atom. The molecule has 0 saturated carbocycles. The minimum absolute atomic E-state index is 0.225. The van der Waals surface area contributed by atoms with E-state index in [1.54, 1.807) is 30.0 Å². The third kappa shape index (κ3) is 4.44. The second kappa shape index (κ2) is 6.90. The first-order valence-electron chi connectivity index (χ1n) is 5.08. The van der Waals surface area contributed by atoms with Gasteiger partial charge in [-0.1, -0.05) is 6.07 Å². The Kier molecular flexibility index (Phi) is 5.48. The van der Waals surface area contributed by atoms with Gasteiger partial charge < -0.3 is 10.4 Å². The van der Waals surface area contributed by atoms with Gasteiger partial charge in [0.25, 0.3) is 5.91 Å². The molecule has 1 heterocycles. The highest BCUT2D eigenvalue weighted by Crippen LogP contribution is 2.02. The first kappa shape index (κ1) is 13.5. The van der Waals surface area contributed by atoms with Gasteiger partial charge in [0.1, 0.15) is 11.7 Å². The van der Waals surface area contributed by atoms with E-state index < -0.39 is 17.9 Å². The van der Waals surface area contributed by atoms with Gasteiger partial charge in [-0.3, -0.25) is 9.78 Å². The molecule has 0 aliphatic carbocycles. The number of carboxylic acids is 1. The van der Waals surface area contributed by atoms with E-state index in [1.165, 1.54) is 6.20 Å². The van der Waals surface area contributed by atoms with Gasteiger partial charge >= 0.3 is 5.97 Å². The van der Waals surface area contributed by atoms with Crippen LogP contribution in [0, 0.1) is 0 Å². The average molecular weight is 254 g/mol. The van der Waals surface area contributed by atoms with E-state index in [9.17, 15) is 9.59 Å². The van der Waals surface area contributed by atoms with Crippen molar-refractivity contribution < 1.29 is 14.7 Å². The zero-order chi connectivity index (χ0) is 12.7. The van der Waals surface area contributed by atoms with E-state index in [2.05, 4.69) is 10.3 Å². The lowest BCUT2D eigenvalue weighted by Gasteiger charge is -2.13. The van der Waals surface area contributed by atoms with Crippen LogP contribution in [0.1, 0.15) is 16.9 Å². The molecule has 1 aromatic heterocycles. The van der Waals surface area contributed by atoms with Crippen molar-refractivity contribution in [3.8, 4) is 0 Å². The van der Waals surface area contributed by atoms with Crippen molar-refractivity contribution in [3.05, 3.63) is 30.1 Å². The maximum atomic E-state index is 11.7. The number of rotatable bonds is 6. The average Bonchev–Trinajstić information content (AvgIpc) is 2.35. The predicted molar refractivity (Wildman–Crippen MR) is 66.1 cm³/mol. The van der Waals surface area contributed by atoms with Crippen LogP contribution >= 0.6 is 11.8 Å². The van der Waals surface area contributed by atoms with Crippen LogP contribution in [0.4, 0.5) is 0 Å². The Labute approximate surface area is 104 Å². The number of amides is 1. The normalized spacial score (nSPS) is 11.8. The number of carbonyl (C=O) groups is 2. The van der Waals surface area contributed by atoms with Gasteiger partial charge in [-0.2, -0.15) is 11.8 Å². The highest BCUT2D eigenvalue weighted by Gasteiger charge is 2.20. The molecule has 0 spiro atoms. The molecule has 0 aliphatic heterocycles. The van der Waals surface area contributed by atoms with E-state index in [1.807, 2.05) is 6.26 Å². The number of thioether (sulfide) groups is 1. The second-order valence-corrected chi connectivity index (χ2v) is 4.35. The number of nitrogens with one attached hydrogen (secondary N) is 1. The quantitative estimate of drug-likeness (QED) is 0.792. The molecule has 1 amide bonds. The standard InChI is InChI=1S/C11H14N2O3S/c1-17-7-5-9(11(15)16)13-10(14)8-4-2-3-6-12-8/h2-4,6,9H,5,7H2,1H3,(H,13,14)(H,15,16). The molecule has 1 aromatic rings. The SMILES string of the molecule is CSCCC(NC(=O)c1ccccn1)C(=O)O. The second-order valence-electron chi connectivity index (χ2n) is 3.36. The number of carboxylic acid groups (broad SMARTS) is 1. The topological polar surface area (TPSA) is 79.3 Å². The molecule has 0 saturated heterocycles. The number of nitrogens with zero attached hydrogens (tertiary/aromatic N) is 1. The molecule has 0 radical (unpaired) electrons. The zero-order valence-electron chi connectivity index (χ0n) is 9.42. The van der Waals surface area contributed by atoms with Gasteiger partial charge in [-0.25, -0.2) is 4.79 Å².